The zero-order valence-electron chi connectivity index (χ0n) is 14.0. The van der Waals surface area contributed by atoms with Crippen LogP contribution in [0.15, 0.2) is 15.9 Å². The van der Waals surface area contributed by atoms with Gasteiger partial charge in [-0.1, -0.05) is 0 Å². The molecule has 6 heteroatoms. The van der Waals surface area contributed by atoms with E-state index in [1.165, 1.54) is 5.56 Å². The summed E-state index contributed by atoms with van der Waals surface area (Å²) >= 11 is 1.72. The number of aromatic nitrogens is 1. The predicted molar refractivity (Wildman–Crippen MR) is 91.3 cm³/mol. The van der Waals surface area contributed by atoms with Crippen molar-refractivity contribution in [2.75, 3.05) is 18.8 Å². The third kappa shape index (κ3) is 3.74. The minimum absolute atomic E-state index is 0.0360. The van der Waals surface area contributed by atoms with Crippen molar-refractivity contribution in [1.82, 2.24) is 9.88 Å². The Morgan fingerprint density at radius 3 is 2.70 bits per heavy atom. The second-order valence-electron chi connectivity index (χ2n) is 7.25. The first-order chi connectivity index (χ1) is 10.8. The van der Waals surface area contributed by atoms with Crippen LogP contribution in [0.5, 0.6) is 0 Å². The summed E-state index contributed by atoms with van der Waals surface area (Å²) in [6, 6.07) is 2.09. The van der Waals surface area contributed by atoms with Crippen molar-refractivity contribution in [3.8, 4) is 0 Å². The predicted octanol–water partition coefficient (Wildman–Crippen LogP) is 3.14. The van der Waals surface area contributed by atoms with E-state index in [-0.39, 0.29) is 17.6 Å². The molecule has 0 atom stereocenters. The fraction of sp³-hybridized carbons (Fsp3) is 0.647. The van der Waals surface area contributed by atoms with Crippen LogP contribution in [-0.4, -0.2) is 40.4 Å². The van der Waals surface area contributed by atoms with Crippen molar-refractivity contribution in [3.63, 3.8) is 0 Å². The van der Waals surface area contributed by atoms with Crippen LogP contribution in [-0.2, 0) is 11.2 Å². The highest BCUT2D eigenvalue weighted by molar-refractivity contribution is 7.99. The topological polar surface area (TPSA) is 62.4 Å². The van der Waals surface area contributed by atoms with Gasteiger partial charge in [0.25, 0.3) is 5.56 Å². The van der Waals surface area contributed by atoms with Crippen LogP contribution in [0.1, 0.15) is 50.7 Å². The molecule has 0 saturated carbocycles. The first-order valence-electron chi connectivity index (χ1n) is 8.20. The number of H-pyrrole nitrogens is 1. The molecule has 23 heavy (non-hydrogen) atoms. The molecule has 0 aromatic carbocycles. The number of nitrogens with zero attached hydrogens (tertiary/aromatic N) is 1. The molecule has 1 aromatic heterocycles. The van der Waals surface area contributed by atoms with Gasteiger partial charge in [0, 0.05) is 24.4 Å². The van der Waals surface area contributed by atoms with E-state index in [0.29, 0.717) is 13.1 Å². The van der Waals surface area contributed by atoms with E-state index in [4.69, 9.17) is 4.74 Å². The van der Waals surface area contributed by atoms with Crippen molar-refractivity contribution in [2.24, 2.45) is 0 Å². The Hall–Kier alpha value is -1.43. The molecular formula is C17H24N2O3S. The van der Waals surface area contributed by atoms with Gasteiger partial charge >= 0.3 is 6.09 Å². The Morgan fingerprint density at radius 1 is 1.35 bits per heavy atom. The molecule has 1 fully saturated rings. The van der Waals surface area contributed by atoms with Crippen molar-refractivity contribution in [2.45, 2.75) is 56.6 Å². The lowest BCUT2D eigenvalue weighted by atomic mass is 9.89. The van der Waals surface area contributed by atoms with Gasteiger partial charge in [0.1, 0.15) is 5.60 Å². The van der Waals surface area contributed by atoms with Gasteiger partial charge in [-0.2, -0.15) is 0 Å². The Bertz CT molecular complexity index is 655. The molecular weight excluding hydrogens is 312 g/mol. The normalized spacial score (nSPS) is 18.8. The van der Waals surface area contributed by atoms with Crippen LogP contribution in [0, 0.1) is 0 Å². The van der Waals surface area contributed by atoms with Crippen molar-refractivity contribution in [1.29, 1.82) is 0 Å². The fourth-order valence-electron chi connectivity index (χ4n) is 3.15. The van der Waals surface area contributed by atoms with Crippen LogP contribution in [0.4, 0.5) is 4.79 Å². The van der Waals surface area contributed by atoms with Crippen molar-refractivity contribution < 1.29 is 9.53 Å². The summed E-state index contributed by atoms with van der Waals surface area (Å²) in [5.74, 6) is 1.28. The summed E-state index contributed by atoms with van der Waals surface area (Å²) in [7, 11) is 0. The smallest absolute Gasteiger partial charge is 0.410 e. The Morgan fingerprint density at radius 2 is 2.04 bits per heavy atom. The van der Waals surface area contributed by atoms with Gasteiger partial charge in [-0.25, -0.2) is 4.79 Å². The van der Waals surface area contributed by atoms with Gasteiger partial charge in [-0.3, -0.25) is 4.79 Å². The number of aromatic amines is 1. The maximum atomic E-state index is 12.3. The van der Waals surface area contributed by atoms with E-state index in [1.807, 2.05) is 20.8 Å². The SMILES string of the molecule is CC(C)(C)OC(=O)N1CCC(c2cc3c([nH]c2=O)SCC3)CC1. The maximum absolute atomic E-state index is 12.3. The van der Waals surface area contributed by atoms with Gasteiger partial charge < -0.3 is 14.6 Å². The summed E-state index contributed by atoms with van der Waals surface area (Å²) in [6.45, 7) is 6.91. The number of aryl methyl sites for hydroxylation is 1. The lowest BCUT2D eigenvalue weighted by Crippen LogP contribution is -2.41. The Balaban J connectivity index is 1.66. The molecule has 3 rings (SSSR count). The molecule has 0 radical (unpaired) electrons. The average molecular weight is 336 g/mol. The Labute approximate surface area is 140 Å². The van der Waals surface area contributed by atoms with E-state index in [1.54, 1.807) is 16.7 Å². The first-order valence-corrected chi connectivity index (χ1v) is 9.19. The van der Waals surface area contributed by atoms with Gasteiger partial charge in [0.15, 0.2) is 0 Å². The molecule has 0 unspecified atom stereocenters. The number of piperidine rings is 1. The molecule has 0 spiro atoms. The van der Waals surface area contributed by atoms with E-state index in [2.05, 4.69) is 11.1 Å². The zero-order chi connectivity index (χ0) is 16.6. The van der Waals surface area contributed by atoms with Crippen LogP contribution >= 0.6 is 11.8 Å². The molecule has 1 saturated heterocycles. The molecule has 5 nitrogen and oxygen atoms in total. The number of ether oxygens (including phenoxy) is 1. The number of nitrogens with one attached hydrogen (secondary N) is 1. The second-order valence-corrected chi connectivity index (χ2v) is 8.35. The molecule has 2 aliphatic rings. The highest BCUT2D eigenvalue weighted by atomic mass is 32.2. The van der Waals surface area contributed by atoms with Crippen molar-refractivity contribution in [3.05, 3.63) is 27.5 Å². The number of carbonyl (C=O) groups excluding carboxylic acids is 1. The fourth-order valence-corrected chi connectivity index (χ4v) is 4.19. The molecule has 1 amide bonds. The van der Waals surface area contributed by atoms with Crippen LogP contribution in [0.3, 0.4) is 0 Å². The van der Waals surface area contributed by atoms with Gasteiger partial charge in [-0.05, 0) is 57.6 Å². The first kappa shape index (κ1) is 16.4. The number of hydrogen-bond acceptors (Lipinski definition) is 4. The lowest BCUT2D eigenvalue weighted by molar-refractivity contribution is 0.0204. The van der Waals surface area contributed by atoms with Gasteiger partial charge in [0.05, 0.1) is 5.03 Å². The molecule has 0 aliphatic carbocycles. The molecule has 1 aromatic rings. The van der Waals surface area contributed by atoms with Gasteiger partial charge in [0.2, 0.25) is 0 Å². The molecule has 3 heterocycles. The quantitative estimate of drug-likeness (QED) is 0.856. The lowest BCUT2D eigenvalue weighted by Gasteiger charge is -2.33. The monoisotopic (exact) mass is 336 g/mol. The summed E-state index contributed by atoms with van der Waals surface area (Å²) in [5.41, 5.74) is 1.71. The summed E-state index contributed by atoms with van der Waals surface area (Å²) in [4.78, 5) is 29.2. The number of pyridine rings is 1. The van der Waals surface area contributed by atoms with E-state index >= 15 is 0 Å². The molecule has 2 aliphatic heterocycles. The minimum Gasteiger partial charge on any atom is -0.444 e. The van der Waals surface area contributed by atoms with Crippen molar-refractivity contribution >= 4 is 17.9 Å². The number of hydrogen-bond donors (Lipinski definition) is 1. The van der Waals surface area contributed by atoms with Crippen LogP contribution < -0.4 is 5.56 Å². The maximum Gasteiger partial charge on any atom is 0.410 e. The standard InChI is InChI=1S/C17H24N2O3S/c1-17(2,3)22-16(21)19-7-4-11(5-8-19)13-10-12-6-9-23-15(12)18-14(13)20/h10-11H,4-9H2,1-3H3,(H,18,20). The third-order valence-electron chi connectivity index (χ3n) is 4.31. The van der Waals surface area contributed by atoms with Crippen LogP contribution in [0.25, 0.3) is 0 Å². The number of carbonyl (C=O) groups is 1. The van der Waals surface area contributed by atoms with E-state index in [9.17, 15) is 9.59 Å². The molecule has 1 N–H and O–H groups in total. The molecule has 126 valence electrons. The van der Waals surface area contributed by atoms with E-state index in [0.717, 1.165) is 35.6 Å². The summed E-state index contributed by atoms with van der Waals surface area (Å²) in [6.07, 6.45) is 2.40. The highest BCUT2D eigenvalue weighted by Crippen LogP contribution is 2.32. The highest BCUT2D eigenvalue weighted by Gasteiger charge is 2.29. The second kappa shape index (κ2) is 6.23. The zero-order valence-corrected chi connectivity index (χ0v) is 14.8. The Kier molecular flexibility index (Phi) is 4.45. The summed E-state index contributed by atoms with van der Waals surface area (Å²) < 4.78 is 5.42. The summed E-state index contributed by atoms with van der Waals surface area (Å²) in [5, 5.41) is 1.03. The van der Waals surface area contributed by atoms with Gasteiger partial charge in [-0.15, -0.1) is 11.8 Å². The van der Waals surface area contributed by atoms with E-state index < -0.39 is 5.60 Å². The largest absolute Gasteiger partial charge is 0.444 e. The minimum atomic E-state index is -0.470. The molecule has 0 bridgehead atoms. The number of fused-ring (bicyclic) bond motifs is 1. The number of amides is 1. The number of likely N-dealkylation sites (tertiary alicyclic amines) is 1. The number of thioether (sulfide) groups is 1. The van der Waals surface area contributed by atoms with Crippen LogP contribution in [0.2, 0.25) is 0 Å². The number of rotatable bonds is 1. The average Bonchev–Trinajstić information content (AvgIpc) is 2.92. The third-order valence-corrected chi connectivity index (χ3v) is 5.38.